The van der Waals surface area contributed by atoms with Crippen LogP contribution in [0.25, 0.3) is 0 Å². The molecular weight excluding hydrogens is 587 g/mol. The van der Waals surface area contributed by atoms with Gasteiger partial charge >= 0.3 is 0 Å². The molecule has 1 amide bonds. The van der Waals surface area contributed by atoms with Gasteiger partial charge in [0.25, 0.3) is 0 Å². The van der Waals surface area contributed by atoms with Gasteiger partial charge in [-0.15, -0.1) is 0 Å². The maximum absolute atomic E-state index is 15.1. The number of hydrogen-bond donors (Lipinski definition) is 2. The zero-order chi connectivity index (χ0) is 31.1. The summed E-state index contributed by atoms with van der Waals surface area (Å²) in [5.41, 5.74) is 2.04. The highest BCUT2D eigenvalue weighted by Gasteiger charge is 2.33. The molecule has 0 radical (unpaired) electrons. The second-order valence-corrected chi connectivity index (χ2v) is 12.7. The molecule has 0 bridgehead atoms. The lowest BCUT2D eigenvalue weighted by Crippen LogP contribution is -2.53. The first-order chi connectivity index (χ1) is 21.2. The van der Waals surface area contributed by atoms with E-state index in [0.717, 1.165) is 0 Å². The molecule has 1 unspecified atom stereocenters. The Morgan fingerprint density at radius 1 is 0.864 bits per heavy atom. The fourth-order valence-corrected chi connectivity index (χ4v) is 7.36. The molecule has 230 valence electrons. The molecule has 10 heteroatoms. The first-order valence-corrected chi connectivity index (χ1v) is 16.0. The van der Waals surface area contributed by atoms with E-state index in [1.807, 2.05) is 0 Å². The number of hydrogen-bond acceptors (Lipinski definition) is 4. The van der Waals surface area contributed by atoms with E-state index in [4.69, 9.17) is 0 Å². The van der Waals surface area contributed by atoms with Gasteiger partial charge in [-0.1, -0.05) is 48.5 Å². The van der Waals surface area contributed by atoms with Gasteiger partial charge < -0.3 is 10.6 Å². The molecule has 0 saturated carbocycles. The van der Waals surface area contributed by atoms with Crippen LogP contribution in [-0.2, 0) is 21.2 Å². The molecule has 0 aliphatic carbocycles. The minimum atomic E-state index is -3.68. The van der Waals surface area contributed by atoms with E-state index in [1.165, 1.54) is 40.7 Å². The fourth-order valence-electron chi connectivity index (χ4n) is 5.68. The lowest BCUT2D eigenvalue weighted by molar-refractivity contribution is -0.116. The molecule has 0 spiro atoms. The third kappa shape index (κ3) is 7.56. The van der Waals surface area contributed by atoms with Crippen molar-refractivity contribution < 1.29 is 26.4 Å². The van der Waals surface area contributed by atoms with Crippen molar-refractivity contribution in [3.8, 4) is 0 Å². The molecule has 1 heterocycles. The molecule has 4 aromatic carbocycles. The SMILES string of the molecule is O=C(CC(c1ccc(F)cc1)c1ccc(F)cc1)Nc1cccc(F)c1CCCC1CNCCN1S(=O)(=O)c1ccccc1. The normalized spacial score (nSPS) is 15.8. The van der Waals surface area contributed by atoms with E-state index >= 15 is 4.39 Å². The number of benzene rings is 4. The van der Waals surface area contributed by atoms with Gasteiger partial charge in [0.1, 0.15) is 17.5 Å². The average Bonchev–Trinajstić information content (AvgIpc) is 3.03. The van der Waals surface area contributed by atoms with Crippen molar-refractivity contribution in [1.29, 1.82) is 0 Å². The van der Waals surface area contributed by atoms with Crippen molar-refractivity contribution in [2.75, 3.05) is 25.0 Å². The second kappa shape index (κ2) is 14.2. The highest BCUT2D eigenvalue weighted by Crippen LogP contribution is 2.30. The number of carbonyl (C=O) groups excluding carboxylic acids is 1. The number of halogens is 3. The Morgan fingerprint density at radius 2 is 1.50 bits per heavy atom. The molecule has 0 aromatic heterocycles. The summed E-state index contributed by atoms with van der Waals surface area (Å²) in [5.74, 6) is -2.15. The zero-order valence-electron chi connectivity index (χ0n) is 24.1. The van der Waals surface area contributed by atoms with E-state index in [1.54, 1.807) is 60.7 Å². The van der Waals surface area contributed by atoms with Gasteiger partial charge in [0, 0.05) is 49.3 Å². The van der Waals surface area contributed by atoms with Gasteiger partial charge in [0.05, 0.1) is 4.90 Å². The number of nitrogens with one attached hydrogen (secondary N) is 2. The third-order valence-corrected chi connectivity index (χ3v) is 9.90. The van der Waals surface area contributed by atoms with Crippen molar-refractivity contribution in [2.45, 2.75) is 42.5 Å². The molecule has 1 fully saturated rings. The summed E-state index contributed by atoms with van der Waals surface area (Å²) in [7, 11) is -3.68. The summed E-state index contributed by atoms with van der Waals surface area (Å²) in [4.78, 5) is 13.6. The van der Waals surface area contributed by atoms with Gasteiger partial charge in [-0.25, -0.2) is 21.6 Å². The van der Waals surface area contributed by atoms with E-state index in [2.05, 4.69) is 10.6 Å². The Hall–Kier alpha value is -3.99. The molecule has 1 saturated heterocycles. The van der Waals surface area contributed by atoms with Crippen molar-refractivity contribution >= 4 is 21.6 Å². The molecule has 5 rings (SSSR count). The van der Waals surface area contributed by atoms with Crippen LogP contribution in [0.4, 0.5) is 18.9 Å². The second-order valence-electron chi connectivity index (χ2n) is 10.9. The smallest absolute Gasteiger partial charge is 0.243 e. The topological polar surface area (TPSA) is 78.5 Å². The van der Waals surface area contributed by atoms with E-state index in [9.17, 15) is 22.0 Å². The Bertz CT molecular complexity index is 1620. The van der Waals surface area contributed by atoms with Crippen LogP contribution in [0.15, 0.2) is 102 Å². The molecular formula is C34H34F3N3O3S. The van der Waals surface area contributed by atoms with Crippen molar-refractivity contribution in [2.24, 2.45) is 0 Å². The maximum Gasteiger partial charge on any atom is 0.243 e. The largest absolute Gasteiger partial charge is 0.326 e. The zero-order valence-corrected chi connectivity index (χ0v) is 24.9. The fraction of sp³-hybridized carbons (Fsp3) is 0.265. The van der Waals surface area contributed by atoms with Crippen molar-refractivity contribution in [3.63, 3.8) is 0 Å². The van der Waals surface area contributed by atoms with Gasteiger partial charge in [-0.3, -0.25) is 4.79 Å². The van der Waals surface area contributed by atoms with Gasteiger partial charge in [-0.05, 0) is 78.9 Å². The molecule has 1 aliphatic heterocycles. The molecule has 1 aliphatic rings. The number of nitrogens with zero attached hydrogens (tertiary/aromatic N) is 1. The first-order valence-electron chi connectivity index (χ1n) is 14.6. The summed E-state index contributed by atoms with van der Waals surface area (Å²) in [6, 6.07) is 24.1. The highest BCUT2D eigenvalue weighted by atomic mass is 32.2. The lowest BCUT2D eigenvalue weighted by atomic mass is 9.88. The van der Waals surface area contributed by atoms with Crippen LogP contribution in [-0.4, -0.2) is 44.3 Å². The molecule has 4 aromatic rings. The van der Waals surface area contributed by atoms with Gasteiger partial charge in [0.15, 0.2) is 0 Å². The standard InChI is InChI=1S/C34H34F3N3O3S/c35-26-16-12-24(13-17-26)31(25-14-18-27(36)19-15-25)22-34(41)39-33-11-5-10-32(37)30(33)9-4-6-28-23-38-20-21-40(28)44(42,43)29-7-2-1-3-8-29/h1-3,5,7-8,10-19,28,31,38H,4,6,9,20-23H2,(H,39,41). The van der Waals surface area contributed by atoms with Crippen LogP contribution < -0.4 is 10.6 Å². The first kappa shape index (κ1) is 31.4. The highest BCUT2D eigenvalue weighted by molar-refractivity contribution is 7.89. The Balaban J connectivity index is 1.28. The van der Waals surface area contributed by atoms with Gasteiger partial charge in [0.2, 0.25) is 15.9 Å². The van der Waals surface area contributed by atoms with Crippen molar-refractivity contribution in [1.82, 2.24) is 9.62 Å². The van der Waals surface area contributed by atoms with Crippen LogP contribution >= 0.6 is 0 Å². The predicted octanol–water partition coefficient (Wildman–Crippen LogP) is 6.25. The predicted molar refractivity (Wildman–Crippen MR) is 164 cm³/mol. The third-order valence-electron chi connectivity index (χ3n) is 7.94. The summed E-state index contributed by atoms with van der Waals surface area (Å²) >= 11 is 0. The summed E-state index contributed by atoms with van der Waals surface area (Å²) in [6.45, 7) is 1.37. The van der Waals surface area contributed by atoms with Crippen LogP contribution in [0.2, 0.25) is 0 Å². The Kier molecular flexibility index (Phi) is 10.1. The quantitative estimate of drug-likeness (QED) is 0.208. The van der Waals surface area contributed by atoms with Gasteiger partial charge in [-0.2, -0.15) is 4.31 Å². The Morgan fingerprint density at radius 3 is 2.14 bits per heavy atom. The van der Waals surface area contributed by atoms with Crippen LogP contribution in [0, 0.1) is 17.5 Å². The maximum atomic E-state index is 15.1. The van der Waals surface area contributed by atoms with E-state index < -0.39 is 33.4 Å². The van der Waals surface area contributed by atoms with Crippen LogP contribution in [0.3, 0.4) is 0 Å². The monoisotopic (exact) mass is 621 g/mol. The van der Waals surface area contributed by atoms with Crippen molar-refractivity contribution in [3.05, 3.63) is 131 Å². The lowest BCUT2D eigenvalue weighted by Gasteiger charge is -2.35. The molecule has 2 N–H and O–H groups in total. The molecule has 6 nitrogen and oxygen atoms in total. The molecule has 1 atom stereocenters. The van der Waals surface area contributed by atoms with Crippen LogP contribution in [0.5, 0.6) is 0 Å². The number of piperazine rings is 1. The minimum Gasteiger partial charge on any atom is -0.326 e. The molecule has 44 heavy (non-hydrogen) atoms. The average molecular weight is 622 g/mol. The number of anilines is 1. The van der Waals surface area contributed by atoms with E-state index in [-0.39, 0.29) is 29.7 Å². The minimum absolute atomic E-state index is 0.0345. The number of rotatable bonds is 11. The number of sulfonamides is 1. The van der Waals surface area contributed by atoms with E-state index in [0.29, 0.717) is 54.9 Å². The summed E-state index contributed by atoms with van der Waals surface area (Å²) in [5, 5.41) is 6.10. The number of carbonyl (C=O) groups is 1. The summed E-state index contributed by atoms with van der Waals surface area (Å²) in [6.07, 6.45) is 1.24. The summed E-state index contributed by atoms with van der Waals surface area (Å²) < 4.78 is 70.5. The van der Waals surface area contributed by atoms with Crippen LogP contribution in [0.1, 0.15) is 41.9 Å². The number of amides is 1. The Labute approximate surface area is 256 Å².